The number of pyridine rings is 1. The number of Topliss-reactive ketones (excluding diaryl/α,β-unsaturated/α-hetero) is 1. The molecule has 1 unspecified atom stereocenters. The van der Waals surface area contributed by atoms with Gasteiger partial charge in [-0.15, -0.1) is 0 Å². The summed E-state index contributed by atoms with van der Waals surface area (Å²) in [4.78, 5) is 20.6. The highest BCUT2D eigenvalue weighted by atomic mass is 19.1. The van der Waals surface area contributed by atoms with Gasteiger partial charge in [-0.05, 0) is 18.9 Å². The number of rotatable bonds is 3. The van der Waals surface area contributed by atoms with Gasteiger partial charge in [0.2, 0.25) is 5.95 Å². The fourth-order valence-electron chi connectivity index (χ4n) is 3.87. The number of ketones is 1. The normalized spacial score (nSPS) is 20.7. The highest BCUT2D eigenvalue weighted by Crippen LogP contribution is 2.42. The molecule has 2 aliphatic rings. The van der Waals surface area contributed by atoms with E-state index in [0.29, 0.717) is 12.0 Å². The standard InChI is InChI=1S/C17H18FN3O/c18-17-16-12(6-7-20-17)14-9-19-10-21(14)13(16)8-15(22)11-4-2-1-3-5-11/h6-7,9-11,13H,1-5,8H2. The lowest BCUT2D eigenvalue weighted by Gasteiger charge is -2.22. The summed E-state index contributed by atoms with van der Waals surface area (Å²) in [6, 6.07) is 1.51. The Morgan fingerprint density at radius 2 is 2.14 bits per heavy atom. The summed E-state index contributed by atoms with van der Waals surface area (Å²) in [5.74, 6) is -0.0763. The van der Waals surface area contributed by atoms with Crippen LogP contribution in [-0.4, -0.2) is 20.3 Å². The molecule has 0 saturated heterocycles. The molecule has 1 aliphatic carbocycles. The van der Waals surface area contributed by atoms with E-state index in [4.69, 9.17) is 0 Å². The molecular formula is C17H18FN3O. The second kappa shape index (κ2) is 5.30. The molecule has 0 aromatic carbocycles. The van der Waals surface area contributed by atoms with E-state index in [0.717, 1.165) is 36.9 Å². The minimum absolute atomic E-state index is 0.143. The molecular weight excluding hydrogens is 281 g/mol. The molecule has 0 radical (unpaired) electrons. The van der Waals surface area contributed by atoms with E-state index in [1.54, 1.807) is 18.6 Å². The van der Waals surface area contributed by atoms with E-state index in [9.17, 15) is 9.18 Å². The summed E-state index contributed by atoms with van der Waals surface area (Å²) in [5.41, 5.74) is 2.23. The van der Waals surface area contributed by atoms with E-state index >= 15 is 0 Å². The van der Waals surface area contributed by atoms with Crippen LogP contribution >= 0.6 is 0 Å². The van der Waals surface area contributed by atoms with Gasteiger partial charge >= 0.3 is 0 Å². The van der Waals surface area contributed by atoms with E-state index in [-0.39, 0.29) is 17.7 Å². The molecule has 0 N–H and O–H groups in total. The first-order valence-electron chi connectivity index (χ1n) is 7.95. The largest absolute Gasteiger partial charge is 0.322 e. The third-order valence-electron chi connectivity index (χ3n) is 5.01. The van der Waals surface area contributed by atoms with Crippen LogP contribution in [0.5, 0.6) is 0 Å². The van der Waals surface area contributed by atoms with Crippen LogP contribution in [0, 0.1) is 11.9 Å². The summed E-state index contributed by atoms with van der Waals surface area (Å²) in [6.45, 7) is 0. The topological polar surface area (TPSA) is 47.8 Å². The number of hydrogen-bond donors (Lipinski definition) is 0. The quantitative estimate of drug-likeness (QED) is 0.815. The molecule has 0 bridgehead atoms. The van der Waals surface area contributed by atoms with Crippen molar-refractivity contribution in [1.29, 1.82) is 0 Å². The molecule has 4 rings (SSSR count). The Kier molecular flexibility index (Phi) is 3.28. The predicted molar refractivity (Wildman–Crippen MR) is 79.8 cm³/mol. The van der Waals surface area contributed by atoms with Crippen molar-refractivity contribution in [3.63, 3.8) is 0 Å². The number of carbonyl (C=O) groups is 1. The molecule has 0 amide bonds. The van der Waals surface area contributed by atoms with Gasteiger partial charge in [-0.25, -0.2) is 9.97 Å². The van der Waals surface area contributed by atoms with Crippen molar-refractivity contribution in [3.05, 3.63) is 36.3 Å². The van der Waals surface area contributed by atoms with Crippen LogP contribution in [0.4, 0.5) is 4.39 Å². The van der Waals surface area contributed by atoms with Crippen molar-refractivity contribution >= 4 is 5.78 Å². The number of hydrogen-bond acceptors (Lipinski definition) is 3. The molecule has 4 nitrogen and oxygen atoms in total. The molecule has 0 spiro atoms. The van der Waals surface area contributed by atoms with Gasteiger partial charge in [0.05, 0.1) is 24.3 Å². The zero-order valence-corrected chi connectivity index (χ0v) is 12.3. The van der Waals surface area contributed by atoms with Crippen LogP contribution in [0.2, 0.25) is 0 Å². The van der Waals surface area contributed by atoms with Gasteiger partial charge in [0.25, 0.3) is 0 Å². The highest BCUT2D eigenvalue weighted by Gasteiger charge is 2.34. The van der Waals surface area contributed by atoms with Gasteiger partial charge in [-0.1, -0.05) is 19.3 Å². The summed E-state index contributed by atoms with van der Waals surface area (Å²) < 4.78 is 16.1. The molecule has 22 heavy (non-hydrogen) atoms. The maximum Gasteiger partial charge on any atom is 0.218 e. The maximum atomic E-state index is 14.2. The second-order valence-electron chi connectivity index (χ2n) is 6.27. The van der Waals surface area contributed by atoms with Crippen LogP contribution in [0.1, 0.15) is 50.1 Å². The Morgan fingerprint density at radius 1 is 1.32 bits per heavy atom. The molecule has 2 aromatic rings. The fourth-order valence-corrected chi connectivity index (χ4v) is 3.87. The Morgan fingerprint density at radius 3 is 2.95 bits per heavy atom. The first-order valence-corrected chi connectivity index (χ1v) is 7.95. The van der Waals surface area contributed by atoms with E-state index in [1.807, 2.05) is 4.57 Å². The lowest BCUT2D eigenvalue weighted by molar-refractivity contribution is -0.124. The van der Waals surface area contributed by atoms with Crippen molar-refractivity contribution in [1.82, 2.24) is 14.5 Å². The lowest BCUT2D eigenvalue weighted by Crippen LogP contribution is -2.22. The number of imidazole rings is 1. The van der Waals surface area contributed by atoms with Crippen molar-refractivity contribution in [2.24, 2.45) is 5.92 Å². The SMILES string of the molecule is O=C(CC1c2c(ccnc2F)-c2cncn21)C1CCCCC1. The molecule has 1 fully saturated rings. The van der Waals surface area contributed by atoms with Crippen molar-refractivity contribution in [2.45, 2.75) is 44.6 Å². The molecule has 3 heterocycles. The van der Waals surface area contributed by atoms with Gasteiger partial charge in [-0.3, -0.25) is 4.79 Å². The average Bonchev–Trinajstić information content (AvgIpc) is 3.12. The van der Waals surface area contributed by atoms with E-state index in [1.165, 1.54) is 12.6 Å². The molecule has 114 valence electrons. The Balaban J connectivity index is 1.66. The van der Waals surface area contributed by atoms with Gasteiger partial charge in [0, 0.05) is 29.7 Å². The lowest BCUT2D eigenvalue weighted by atomic mass is 9.83. The predicted octanol–water partition coefficient (Wildman–Crippen LogP) is 3.53. The second-order valence-corrected chi connectivity index (χ2v) is 6.27. The third-order valence-corrected chi connectivity index (χ3v) is 5.01. The van der Waals surface area contributed by atoms with Gasteiger partial charge in [0.1, 0.15) is 5.78 Å². The number of aromatic nitrogens is 3. The van der Waals surface area contributed by atoms with E-state index < -0.39 is 5.95 Å². The first-order chi connectivity index (χ1) is 10.8. The Hall–Kier alpha value is -2.04. The van der Waals surface area contributed by atoms with Gasteiger partial charge < -0.3 is 4.57 Å². The summed E-state index contributed by atoms with van der Waals surface area (Å²) in [7, 11) is 0. The zero-order chi connectivity index (χ0) is 15.1. The number of nitrogens with zero attached hydrogens (tertiary/aromatic N) is 3. The van der Waals surface area contributed by atoms with Gasteiger partial charge in [-0.2, -0.15) is 4.39 Å². The minimum Gasteiger partial charge on any atom is -0.322 e. The summed E-state index contributed by atoms with van der Waals surface area (Å²) >= 11 is 0. The first kappa shape index (κ1) is 13.6. The van der Waals surface area contributed by atoms with Crippen molar-refractivity contribution in [3.8, 4) is 11.3 Å². The average molecular weight is 299 g/mol. The Labute approximate surface area is 128 Å². The van der Waals surface area contributed by atoms with E-state index in [2.05, 4.69) is 9.97 Å². The Bertz CT molecular complexity index is 718. The third kappa shape index (κ3) is 2.07. The van der Waals surface area contributed by atoms with Crippen LogP contribution in [0.25, 0.3) is 11.3 Å². The smallest absolute Gasteiger partial charge is 0.218 e. The number of halogens is 1. The number of fused-ring (bicyclic) bond motifs is 3. The molecule has 1 saturated carbocycles. The van der Waals surface area contributed by atoms with Crippen molar-refractivity contribution in [2.75, 3.05) is 0 Å². The minimum atomic E-state index is -0.470. The summed E-state index contributed by atoms with van der Waals surface area (Å²) in [5, 5.41) is 0. The van der Waals surface area contributed by atoms with Crippen LogP contribution in [-0.2, 0) is 4.79 Å². The van der Waals surface area contributed by atoms with Crippen molar-refractivity contribution < 1.29 is 9.18 Å². The molecule has 1 aliphatic heterocycles. The van der Waals surface area contributed by atoms with Crippen LogP contribution in [0.15, 0.2) is 24.8 Å². The maximum absolute atomic E-state index is 14.2. The van der Waals surface area contributed by atoms with Crippen LogP contribution < -0.4 is 0 Å². The molecule has 5 heteroatoms. The zero-order valence-electron chi connectivity index (χ0n) is 12.3. The monoisotopic (exact) mass is 299 g/mol. The summed E-state index contributed by atoms with van der Waals surface area (Å²) in [6.07, 6.45) is 10.7. The molecule has 2 aromatic heterocycles. The number of carbonyl (C=O) groups excluding carboxylic acids is 1. The highest BCUT2D eigenvalue weighted by molar-refractivity contribution is 5.83. The van der Waals surface area contributed by atoms with Gasteiger partial charge in [0.15, 0.2) is 0 Å². The van der Waals surface area contributed by atoms with Crippen LogP contribution in [0.3, 0.4) is 0 Å². The molecule has 1 atom stereocenters. The fraction of sp³-hybridized carbons (Fsp3) is 0.471.